The lowest BCUT2D eigenvalue weighted by Crippen LogP contribution is -2.30. The molecule has 6 heteroatoms. The third kappa shape index (κ3) is 57.5. The highest BCUT2D eigenvalue weighted by atomic mass is 16.6. The van der Waals surface area contributed by atoms with Crippen LogP contribution in [0, 0.1) is 0 Å². The third-order valence-electron chi connectivity index (χ3n) is 13.2. The van der Waals surface area contributed by atoms with Crippen molar-refractivity contribution in [3.63, 3.8) is 0 Å². The Kier molecular flexibility index (Phi) is 57.3. The highest BCUT2D eigenvalue weighted by molar-refractivity contribution is 5.71. The van der Waals surface area contributed by atoms with Gasteiger partial charge >= 0.3 is 17.9 Å². The van der Waals surface area contributed by atoms with Crippen molar-refractivity contribution < 1.29 is 28.6 Å². The molecule has 0 aromatic heterocycles. The van der Waals surface area contributed by atoms with Crippen molar-refractivity contribution in [2.24, 2.45) is 0 Å². The Morgan fingerprint density at radius 1 is 0.292 bits per heavy atom. The van der Waals surface area contributed by atoms with Crippen LogP contribution in [0.2, 0.25) is 0 Å². The molecule has 0 aliphatic rings. The predicted octanol–water partition coefficient (Wildman–Crippen LogP) is 20.7. The molecule has 0 aliphatic heterocycles. The second-order valence-corrected chi connectivity index (χ2v) is 20.2. The van der Waals surface area contributed by atoms with Gasteiger partial charge in [0, 0.05) is 19.3 Å². The molecule has 1 atom stereocenters. The first-order chi connectivity index (χ1) is 35.5. The summed E-state index contributed by atoms with van der Waals surface area (Å²) in [6, 6.07) is 0. The average molecular weight is 1000 g/mol. The molecule has 1 unspecified atom stereocenters. The van der Waals surface area contributed by atoms with E-state index < -0.39 is 6.10 Å². The summed E-state index contributed by atoms with van der Waals surface area (Å²) in [7, 11) is 0. The average Bonchev–Trinajstić information content (AvgIpc) is 3.38. The summed E-state index contributed by atoms with van der Waals surface area (Å²) in [5.41, 5.74) is 0. The summed E-state index contributed by atoms with van der Waals surface area (Å²) in [6.07, 6.45) is 78.7. The van der Waals surface area contributed by atoms with E-state index in [-0.39, 0.29) is 37.5 Å². The lowest BCUT2D eigenvalue weighted by atomic mass is 10.0. The number of unbranched alkanes of at least 4 members (excludes halogenated alkanes) is 30. The van der Waals surface area contributed by atoms with Crippen molar-refractivity contribution in [1.82, 2.24) is 0 Å². The van der Waals surface area contributed by atoms with Crippen molar-refractivity contribution in [2.75, 3.05) is 13.2 Å². The molecule has 0 bridgehead atoms. The molecule has 0 heterocycles. The first kappa shape index (κ1) is 68.6. The van der Waals surface area contributed by atoms with E-state index in [1.807, 2.05) is 0 Å². The molecule has 0 aromatic rings. The zero-order valence-corrected chi connectivity index (χ0v) is 47.4. The summed E-state index contributed by atoms with van der Waals surface area (Å²) in [4.78, 5) is 38.2. The number of rotatable bonds is 55. The summed E-state index contributed by atoms with van der Waals surface area (Å²) < 4.78 is 16.8. The topological polar surface area (TPSA) is 78.9 Å². The van der Waals surface area contributed by atoms with E-state index in [0.717, 1.165) is 89.9 Å². The SMILES string of the molecule is CC/C=C\C/C=C\C/C=C\C/C=C\C/C=C\C/C=C\C/C=C\CCCC(=O)OCC(COC(=O)CCCCCCCCCCCCCC)OC(=O)CCCCCCCCCCCCCCCCCCCCC. The van der Waals surface area contributed by atoms with Gasteiger partial charge < -0.3 is 14.2 Å². The van der Waals surface area contributed by atoms with Crippen LogP contribution in [0.15, 0.2) is 85.1 Å². The zero-order chi connectivity index (χ0) is 52.2. The van der Waals surface area contributed by atoms with Crippen LogP contribution in [-0.4, -0.2) is 37.2 Å². The van der Waals surface area contributed by atoms with Crippen LogP contribution in [0.1, 0.15) is 297 Å². The molecular formula is C66H114O6. The van der Waals surface area contributed by atoms with Gasteiger partial charge in [0.1, 0.15) is 13.2 Å². The standard InChI is InChI=1S/C66H114O6/c1-4-7-10-13-16-19-22-25-27-29-31-32-33-34-36-37-39-41-44-47-50-53-56-59-65(68)71-62-63(61-70-64(67)58-55-52-49-46-43-24-21-18-15-12-9-6-3)72-66(69)60-57-54-51-48-45-42-40-38-35-30-28-26-23-20-17-14-11-8-5-2/h7,10,16,19,25,27,31-32,34,36,39,41,47,50,63H,4-6,8-9,11-15,17-18,20-24,26,28-30,33,35,37-38,40,42-46,48-49,51-62H2,1-3H3/b10-7-,19-16-,27-25-,32-31-,36-34-,41-39-,50-47-. The minimum atomic E-state index is -0.797. The zero-order valence-electron chi connectivity index (χ0n) is 47.4. The lowest BCUT2D eigenvalue weighted by molar-refractivity contribution is -0.167. The van der Waals surface area contributed by atoms with Crippen LogP contribution in [0.4, 0.5) is 0 Å². The van der Waals surface area contributed by atoms with E-state index in [4.69, 9.17) is 14.2 Å². The van der Waals surface area contributed by atoms with Crippen LogP contribution in [0.3, 0.4) is 0 Å². The van der Waals surface area contributed by atoms with Gasteiger partial charge in [-0.1, -0.05) is 292 Å². The molecule has 0 spiro atoms. The Morgan fingerprint density at radius 3 is 0.847 bits per heavy atom. The number of allylic oxidation sites excluding steroid dienone is 14. The summed E-state index contributed by atoms with van der Waals surface area (Å²) in [6.45, 7) is 6.51. The maximum Gasteiger partial charge on any atom is 0.306 e. The molecular weight excluding hydrogens is 889 g/mol. The smallest absolute Gasteiger partial charge is 0.306 e. The highest BCUT2D eigenvalue weighted by Gasteiger charge is 2.19. The molecule has 6 nitrogen and oxygen atoms in total. The van der Waals surface area contributed by atoms with Gasteiger partial charge in [-0.05, 0) is 70.6 Å². The number of carbonyl (C=O) groups excluding carboxylic acids is 3. The number of hydrogen-bond acceptors (Lipinski definition) is 6. The number of esters is 3. The van der Waals surface area contributed by atoms with Crippen LogP contribution in [0.5, 0.6) is 0 Å². The minimum absolute atomic E-state index is 0.0906. The van der Waals surface area contributed by atoms with Gasteiger partial charge in [-0.2, -0.15) is 0 Å². The molecule has 0 radical (unpaired) electrons. The Morgan fingerprint density at radius 2 is 0.542 bits per heavy atom. The van der Waals surface area contributed by atoms with Crippen LogP contribution in [0.25, 0.3) is 0 Å². The fraction of sp³-hybridized carbons (Fsp3) is 0.742. The first-order valence-electron chi connectivity index (χ1n) is 30.6. The second-order valence-electron chi connectivity index (χ2n) is 20.2. The largest absolute Gasteiger partial charge is 0.462 e. The number of carbonyl (C=O) groups is 3. The quantitative estimate of drug-likeness (QED) is 0.0261. The van der Waals surface area contributed by atoms with Crippen molar-refractivity contribution in [2.45, 2.75) is 303 Å². The molecule has 0 aliphatic carbocycles. The van der Waals surface area contributed by atoms with Crippen molar-refractivity contribution >= 4 is 17.9 Å². The molecule has 0 saturated heterocycles. The van der Waals surface area contributed by atoms with Crippen molar-refractivity contribution in [1.29, 1.82) is 0 Å². The van der Waals surface area contributed by atoms with Gasteiger partial charge in [-0.25, -0.2) is 0 Å². The fourth-order valence-electron chi connectivity index (χ4n) is 8.61. The van der Waals surface area contributed by atoms with Gasteiger partial charge in [0.2, 0.25) is 0 Å². The molecule has 0 fully saturated rings. The molecule has 0 aromatic carbocycles. The van der Waals surface area contributed by atoms with Gasteiger partial charge in [-0.3, -0.25) is 14.4 Å². The Bertz CT molecular complexity index is 1380. The van der Waals surface area contributed by atoms with E-state index in [9.17, 15) is 14.4 Å². The third-order valence-corrected chi connectivity index (χ3v) is 13.2. The molecule has 414 valence electrons. The van der Waals surface area contributed by atoms with E-state index in [0.29, 0.717) is 19.3 Å². The lowest BCUT2D eigenvalue weighted by Gasteiger charge is -2.18. The van der Waals surface area contributed by atoms with Crippen LogP contribution >= 0.6 is 0 Å². The molecule has 72 heavy (non-hydrogen) atoms. The number of ether oxygens (including phenoxy) is 3. The highest BCUT2D eigenvalue weighted by Crippen LogP contribution is 2.17. The van der Waals surface area contributed by atoms with Gasteiger partial charge in [0.05, 0.1) is 0 Å². The predicted molar refractivity (Wildman–Crippen MR) is 311 cm³/mol. The number of hydrogen-bond donors (Lipinski definition) is 0. The van der Waals surface area contributed by atoms with E-state index >= 15 is 0 Å². The van der Waals surface area contributed by atoms with E-state index in [1.54, 1.807) is 0 Å². The Labute approximate surface area is 445 Å². The normalized spacial score (nSPS) is 12.7. The van der Waals surface area contributed by atoms with E-state index in [1.165, 1.54) is 161 Å². The maximum absolute atomic E-state index is 12.9. The summed E-state index contributed by atoms with van der Waals surface area (Å²) in [5, 5.41) is 0. The Balaban J connectivity index is 4.41. The van der Waals surface area contributed by atoms with Gasteiger partial charge in [0.15, 0.2) is 6.10 Å². The molecule has 0 N–H and O–H groups in total. The second kappa shape index (κ2) is 60.1. The van der Waals surface area contributed by atoms with E-state index in [2.05, 4.69) is 106 Å². The van der Waals surface area contributed by atoms with Crippen molar-refractivity contribution in [3.05, 3.63) is 85.1 Å². The maximum atomic E-state index is 12.9. The first-order valence-corrected chi connectivity index (χ1v) is 30.6. The molecule has 0 amide bonds. The minimum Gasteiger partial charge on any atom is -0.462 e. The van der Waals surface area contributed by atoms with Crippen molar-refractivity contribution in [3.8, 4) is 0 Å². The molecule has 0 saturated carbocycles. The summed E-state index contributed by atoms with van der Waals surface area (Å²) >= 11 is 0. The monoisotopic (exact) mass is 1000 g/mol. The van der Waals surface area contributed by atoms with Crippen LogP contribution in [-0.2, 0) is 28.6 Å². The fourth-order valence-corrected chi connectivity index (χ4v) is 8.61. The van der Waals surface area contributed by atoms with Gasteiger partial charge in [0.25, 0.3) is 0 Å². The molecule has 0 rings (SSSR count). The van der Waals surface area contributed by atoms with Gasteiger partial charge in [-0.15, -0.1) is 0 Å². The summed E-state index contributed by atoms with van der Waals surface area (Å²) in [5.74, 6) is -0.941. The Hall–Kier alpha value is -3.41. The van der Waals surface area contributed by atoms with Crippen LogP contribution < -0.4 is 0 Å².